The predicted molar refractivity (Wildman–Crippen MR) is 73.8 cm³/mol. The molecule has 0 radical (unpaired) electrons. The van der Waals surface area contributed by atoms with E-state index in [1.54, 1.807) is 0 Å². The van der Waals surface area contributed by atoms with Gasteiger partial charge in [0.2, 0.25) is 0 Å². The van der Waals surface area contributed by atoms with Crippen LogP contribution >= 0.6 is 0 Å². The zero-order valence-electron chi connectivity index (χ0n) is 11.7. The zero-order chi connectivity index (χ0) is 15.1. The quantitative estimate of drug-likeness (QED) is 0.593. The van der Waals surface area contributed by atoms with Crippen LogP contribution in [-0.2, 0) is 9.53 Å². The van der Waals surface area contributed by atoms with Crippen molar-refractivity contribution in [2.24, 2.45) is 0 Å². The summed E-state index contributed by atoms with van der Waals surface area (Å²) in [4.78, 5) is 25.0. The number of nitrogens with zero attached hydrogens (tertiary/aromatic N) is 1. The van der Waals surface area contributed by atoms with Crippen LogP contribution in [0.4, 0.5) is 4.39 Å². The molecule has 0 bridgehead atoms. The van der Waals surface area contributed by atoms with E-state index in [4.69, 9.17) is 4.74 Å². The lowest BCUT2D eigenvalue weighted by Gasteiger charge is -2.20. The molecule has 0 N–H and O–H groups in total. The molecule has 0 heterocycles. The third-order valence-electron chi connectivity index (χ3n) is 2.58. The van der Waals surface area contributed by atoms with Gasteiger partial charge in [-0.3, -0.25) is 4.79 Å². The number of benzene rings is 1. The fourth-order valence-corrected chi connectivity index (χ4v) is 1.62. The molecule has 0 aromatic heterocycles. The van der Waals surface area contributed by atoms with Gasteiger partial charge in [0, 0.05) is 13.1 Å². The van der Waals surface area contributed by atoms with Gasteiger partial charge in [0.15, 0.2) is 6.61 Å². The number of hydrogen-bond donors (Lipinski definition) is 0. The van der Waals surface area contributed by atoms with Crippen molar-refractivity contribution in [3.63, 3.8) is 0 Å². The van der Waals surface area contributed by atoms with E-state index in [0.29, 0.717) is 13.1 Å². The molecule has 1 amide bonds. The van der Waals surface area contributed by atoms with Gasteiger partial charge in [-0.1, -0.05) is 18.2 Å². The van der Waals surface area contributed by atoms with Gasteiger partial charge in [-0.05, 0) is 32.0 Å². The van der Waals surface area contributed by atoms with E-state index in [0.717, 1.165) is 11.6 Å². The van der Waals surface area contributed by atoms with E-state index < -0.39 is 11.8 Å². The van der Waals surface area contributed by atoms with Gasteiger partial charge in [-0.15, -0.1) is 0 Å². The number of amides is 1. The molecular weight excluding hydrogens is 261 g/mol. The standard InChI is InChI=1S/C15H18FNO3/c1-4-17(9-11(2)3)14(18)10-20-15(19)12-6-5-7-13(16)8-12/h5-8H,2,4,9-10H2,1,3H3. The van der Waals surface area contributed by atoms with Crippen LogP contribution in [0.2, 0.25) is 0 Å². The molecule has 0 aliphatic heterocycles. The van der Waals surface area contributed by atoms with Crippen molar-refractivity contribution >= 4 is 11.9 Å². The van der Waals surface area contributed by atoms with Crippen molar-refractivity contribution in [2.45, 2.75) is 13.8 Å². The minimum atomic E-state index is -0.718. The van der Waals surface area contributed by atoms with Crippen LogP contribution in [-0.4, -0.2) is 36.5 Å². The van der Waals surface area contributed by atoms with Gasteiger partial charge >= 0.3 is 5.97 Å². The number of hydrogen-bond acceptors (Lipinski definition) is 3. The van der Waals surface area contributed by atoms with Crippen molar-refractivity contribution in [3.05, 3.63) is 47.8 Å². The number of carbonyl (C=O) groups excluding carboxylic acids is 2. The second kappa shape index (κ2) is 7.43. The van der Waals surface area contributed by atoms with Crippen molar-refractivity contribution in [1.29, 1.82) is 0 Å². The Balaban J connectivity index is 2.55. The molecule has 5 heteroatoms. The zero-order valence-corrected chi connectivity index (χ0v) is 11.7. The second-order valence-corrected chi connectivity index (χ2v) is 4.45. The molecule has 0 unspecified atom stereocenters. The third-order valence-corrected chi connectivity index (χ3v) is 2.58. The largest absolute Gasteiger partial charge is 0.452 e. The Morgan fingerprint density at radius 2 is 2.10 bits per heavy atom. The summed E-state index contributed by atoms with van der Waals surface area (Å²) in [5.41, 5.74) is 0.928. The topological polar surface area (TPSA) is 46.6 Å². The molecular formula is C15H18FNO3. The van der Waals surface area contributed by atoms with E-state index >= 15 is 0 Å². The summed E-state index contributed by atoms with van der Waals surface area (Å²) < 4.78 is 17.8. The first kappa shape index (κ1) is 15.9. The lowest BCUT2D eigenvalue weighted by atomic mass is 10.2. The van der Waals surface area contributed by atoms with Crippen LogP contribution in [0.25, 0.3) is 0 Å². The van der Waals surface area contributed by atoms with Crippen LogP contribution in [0, 0.1) is 5.82 Å². The SMILES string of the molecule is C=C(C)CN(CC)C(=O)COC(=O)c1cccc(F)c1. The molecule has 4 nitrogen and oxygen atoms in total. The first-order valence-electron chi connectivity index (χ1n) is 6.29. The molecule has 0 fully saturated rings. The fraction of sp³-hybridized carbons (Fsp3) is 0.333. The van der Waals surface area contributed by atoms with Gasteiger partial charge in [0.25, 0.3) is 5.91 Å². The summed E-state index contributed by atoms with van der Waals surface area (Å²) in [7, 11) is 0. The maximum atomic E-state index is 13.0. The van der Waals surface area contributed by atoms with Gasteiger partial charge in [-0.2, -0.15) is 0 Å². The van der Waals surface area contributed by atoms with Gasteiger partial charge < -0.3 is 9.64 Å². The van der Waals surface area contributed by atoms with E-state index in [2.05, 4.69) is 6.58 Å². The third kappa shape index (κ3) is 4.84. The number of ether oxygens (including phenoxy) is 1. The van der Waals surface area contributed by atoms with E-state index in [-0.39, 0.29) is 18.1 Å². The highest BCUT2D eigenvalue weighted by Crippen LogP contribution is 2.06. The van der Waals surface area contributed by atoms with Gasteiger partial charge in [0.05, 0.1) is 5.56 Å². The average Bonchev–Trinajstić information content (AvgIpc) is 2.41. The first-order valence-corrected chi connectivity index (χ1v) is 6.29. The van der Waals surface area contributed by atoms with Crippen molar-refractivity contribution in [3.8, 4) is 0 Å². The van der Waals surface area contributed by atoms with Crippen LogP contribution < -0.4 is 0 Å². The summed E-state index contributed by atoms with van der Waals surface area (Å²) in [6.45, 7) is 7.94. The minimum absolute atomic E-state index is 0.0840. The van der Waals surface area contributed by atoms with E-state index in [1.165, 1.54) is 23.1 Å². The molecule has 0 saturated carbocycles. The molecule has 1 aromatic carbocycles. The normalized spacial score (nSPS) is 9.95. The minimum Gasteiger partial charge on any atom is -0.452 e. The molecule has 0 saturated heterocycles. The van der Waals surface area contributed by atoms with Crippen LogP contribution in [0.5, 0.6) is 0 Å². The molecule has 108 valence electrons. The summed E-state index contributed by atoms with van der Waals surface area (Å²) in [5, 5.41) is 0. The average molecular weight is 279 g/mol. The molecule has 0 aliphatic rings. The number of carbonyl (C=O) groups is 2. The predicted octanol–water partition coefficient (Wildman–Crippen LogP) is 2.41. The molecule has 1 aromatic rings. The highest BCUT2D eigenvalue weighted by atomic mass is 19.1. The summed E-state index contributed by atoms with van der Waals surface area (Å²) in [5.74, 6) is -1.55. The van der Waals surface area contributed by atoms with Crippen LogP contribution in [0.15, 0.2) is 36.4 Å². The maximum Gasteiger partial charge on any atom is 0.338 e. The number of esters is 1. The Kier molecular flexibility index (Phi) is 5.90. The van der Waals surface area contributed by atoms with E-state index in [1.807, 2.05) is 13.8 Å². The first-order chi connectivity index (χ1) is 9.43. The van der Waals surface area contributed by atoms with Crippen molar-refractivity contribution in [1.82, 2.24) is 4.90 Å². The monoisotopic (exact) mass is 279 g/mol. The van der Waals surface area contributed by atoms with Gasteiger partial charge in [0.1, 0.15) is 5.82 Å². The maximum absolute atomic E-state index is 13.0. The summed E-state index contributed by atoms with van der Waals surface area (Å²) in [6, 6.07) is 5.14. The second-order valence-electron chi connectivity index (χ2n) is 4.45. The number of halogens is 1. The Hall–Kier alpha value is -2.17. The van der Waals surface area contributed by atoms with E-state index in [9.17, 15) is 14.0 Å². The highest BCUT2D eigenvalue weighted by molar-refractivity contribution is 5.91. The lowest BCUT2D eigenvalue weighted by Crippen LogP contribution is -2.35. The van der Waals surface area contributed by atoms with Crippen LogP contribution in [0.3, 0.4) is 0 Å². The van der Waals surface area contributed by atoms with Crippen molar-refractivity contribution < 1.29 is 18.7 Å². The number of likely N-dealkylation sites (N-methyl/N-ethyl adjacent to an activating group) is 1. The molecule has 0 aliphatic carbocycles. The molecule has 1 rings (SSSR count). The summed E-state index contributed by atoms with van der Waals surface area (Å²) >= 11 is 0. The fourth-order valence-electron chi connectivity index (χ4n) is 1.62. The Labute approximate surface area is 117 Å². The Morgan fingerprint density at radius 3 is 2.65 bits per heavy atom. The smallest absolute Gasteiger partial charge is 0.338 e. The number of rotatable bonds is 6. The Morgan fingerprint density at radius 1 is 1.40 bits per heavy atom. The van der Waals surface area contributed by atoms with Crippen LogP contribution in [0.1, 0.15) is 24.2 Å². The molecule has 0 spiro atoms. The van der Waals surface area contributed by atoms with Gasteiger partial charge in [-0.25, -0.2) is 9.18 Å². The summed E-state index contributed by atoms with van der Waals surface area (Å²) in [6.07, 6.45) is 0. The lowest BCUT2D eigenvalue weighted by molar-refractivity contribution is -0.133. The van der Waals surface area contributed by atoms with Crippen molar-refractivity contribution in [2.75, 3.05) is 19.7 Å². The highest BCUT2D eigenvalue weighted by Gasteiger charge is 2.15. The molecule has 20 heavy (non-hydrogen) atoms. The molecule has 0 atom stereocenters. The Bertz CT molecular complexity index is 514.